The molecule has 2 heteroatoms. The van der Waals surface area contributed by atoms with Crippen LogP contribution in [0.25, 0.3) is 0 Å². The van der Waals surface area contributed by atoms with E-state index in [1.807, 2.05) is 40.2 Å². The molecule has 1 aliphatic heterocycles. The number of hydrogen-bond acceptors (Lipinski definition) is 2. The van der Waals surface area contributed by atoms with Crippen molar-refractivity contribution in [1.82, 2.24) is 4.90 Å². The molecule has 0 saturated carbocycles. The molecule has 1 rings (SSSR count). The molecule has 1 aliphatic rings. The Morgan fingerprint density at radius 2 is 2.10 bits per heavy atom. The Hall–Kier alpha value is -0.790. The summed E-state index contributed by atoms with van der Waals surface area (Å²) < 4.78 is 0. The van der Waals surface area contributed by atoms with E-state index in [4.69, 9.17) is 0 Å². The van der Waals surface area contributed by atoms with Crippen molar-refractivity contribution in [3.05, 3.63) is 12.4 Å². The lowest BCUT2D eigenvalue weighted by molar-refractivity contribution is 0.516. The maximum atomic E-state index is 4.07. The minimum atomic E-state index is 0.969. The largest absolute Gasteiger partial charge is 0.374 e. The van der Waals surface area contributed by atoms with Gasteiger partial charge in [-0.2, -0.15) is 0 Å². The van der Waals surface area contributed by atoms with Gasteiger partial charge in [0.15, 0.2) is 0 Å². The van der Waals surface area contributed by atoms with Crippen LogP contribution in [0.1, 0.15) is 20.8 Å². The SMILES string of the molecule is CC.CC1=NC=CN(C)C1. The predicted octanol–water partition coefficient (Wildman–Crippen LogP) is 1.89. The third-order valence-corrected chi connectivity index (χ3v) is 1.09. The summed E-state index contributed by atoms with van der Waals surface area (Å²) in [5.74, 6) is 0. The quantitative estimate of drug-likeness (QED) is 0.501. The molecule has 0 saturated heterocycles. The summed E-state index contributed by atoms with van der Waals surface area (Å²) in [6, 6.07) is 0. The van der Waals surface area contributed by atoms with E-state index in [0.717, 1.165) is 6.54 Å². The Morgan fingerprint density at radius 1 is 1.50 bits per heavy atom. The second-order valence-corrected chi connectivity index (χ2v) is 2.08. The Labute approximate surface area is 63.3 Å². The maximum absolute atomic E-state index is 4.07. The highest BCUT2D eigenvalue weighted by atomic mass is 15.1. The smallest absolute Gasteiger partial charge is 0.0551 e. The van der Waals surface area contributed by atoms with Crippen molar-refractivity contribution in [2.24, 2.45) is 4.99 Å². The number of aliphatic imine (C=N–C) groups is 1. The minimum absolute atomic E-state index is 0.969. The number of rotatable bonds is 0. The van der Waals surface area contributed by atoms with Gasteiger partial charge < -0.3 is 4.90 Å². The summed E-state index contributed by atoms with van der Waals surface area (Å²) >= 11 is 0. The lowest BCUT2D eigenvalue weighted by atomic mass is 10.4. The summed E-state index contributed by atoms with van der Waals surface area (Å²) in [5, 5.41) is 0. The standard InChI is InChI=1S/C6H10N2.C2H6/c1-6-5-8(2)4-3-7-6;1-2/h3-4H,5H2,1-2H3;1-2H3. The van der Waals surface area contributed by atoms with Crippen LogP contribution in [-0.2, 0) is 0 Å². The Bertz CT molecular complexity index is 136. The molecule has 1 heterocycles. The fourth-order valence-corrected chi connectivity index (χ4v) is 0.729. The zero-order valence-corrected chi connectivity index (χ0v) is 7.26. The average molecular weight is 140 g/mol. The number of nitrogens with zero attached hydrogens (tertiary/aromatic N) is 2. The van der Waals surface area contributed by atoms with Crippen LogP contribution in [-0.4, -0.2) is 24.2 Å². The van der Waals surface area contributed by atoms with Crippen LogP contribution in [0, 0.1) is 0 Å². The van der Waals surface area contributed by atoms with Crippen molar-refractivity contribution < 1.29 is 0 Å². The Kier molecular flexibility index (Phi) is 4.63. The van der Waals surface area contributed by atoms with E-state index in [9.17, 15) is 0 Å². The van der Waals surface area contributed by atoms with Gasteiger partial charge in [-0.05, 0) is 6.92 Å². The molecule has 0 bridgehead atoms. The van der Waals surface area contributed by atoms with E-state index in [-0.39, 0.29) is 0 Å². The molecular weight excluding hydrogens is 124 g/mol. The van der Waals surface area contributed by atoms with Crippen LogP contribution in [0.4, 0.5) is 0 Å². The molecule has 2 nitrogen and oxygen atoms in total. The summed E-state index contributed by atoms with van der Waals surface area (Å²) in [6.07, 6.45) is 3.78. The third kappa shape index (κ3) is 3.28. The first-order chi connectivity index (χ1) is 4.79. The van der Waals surface area contributed by atoms with Gasteiger partial charge in [-0.3, -0.25) is 4.99 Å². The van der Waals surface area contributed by atoms with Crippen molar-refractivity contribution in [2.75, 3.05) is 13.6 Å². The minimum Gasteiger partial charge on any atom is -0.374 e. The third-order valence-electron chi connectivity index (χ3n) is 1.09. The van der Waals surface area contributed by atoms with Crippen LogP contribution >= 0.6 is 0 Å². The summed E-state index contributed by atoms with van der Waals surface area (Å²) in [7, 11) is 2.04. The van der Waals surface area contributed by atoms with Gasteiger partial charge in [0.1, 0.15) is 0 Å². The Balaban J connectivity index is 0.000000371. The molecule has 0 amide bonds. The first-order valence-electron chi connectivity index (χ1n) is 3.69. The zero-order valence-electron chi connectivity index (χ0n) is 7.26. The van der Waals surface area contributed by atoms with Crippen LogP contribution < -0.4 is 0 Å². The van der Waals surface area contributed by atoms with Gasteiger partial charge >= 0.3 is 0 Å². The molecular formula is C8H16N2. The van der Waals surface area contributed by atoms with Gasteiger partial charge in [-0.25, -0.2) is 0 Å². The average Bonchev–Trinajstić information content (AvgIpc) is 1.91. The highest BCUT2D eigenvalue weighted by molar-refractivity contribution is 5.85. The molecule has 0 aromatic heterocycles. The monoisotopic (exact) mass is 140 g/mol. The Morgan fingerprint density at radius 3 is 2.40 bits per heavy atom. The molecule has 10 heavy (non-hydrogen) atoms. The van der Waals surface area contributed by atoms with Crippen molar-refractivity contribution in [1.29, 1.82) is 0 Å². The molecule has 0 unspecified atom stereocenters. The molecule has 0 aliphatic carbocycles. The van der Waals surface area contributed by atoms with Gasteiger partial charge in [0.25, 0.3) is 0 Å². The van der Waals surface area contributed by atoms with Gasteiger partial charge in [-0.1, -0.05) is 13.8 Å². The molecule has 58 valence electrons. The summed E-state index contributed by atoms with van der Waals surface area (Å²) in [4.78, 5) is 6.17. The van der Waals surface area contributed by atoms with E-state index in [0.29, 0.717) is 0 Å². The molecule has 0 fully saturated rings. The maximum Gasteiger partial charge on any atom is 0.0551 e. The van der Waals surface area contributed by atoms with Crippen LogP contribution in [0.15, 0.2) is 17.4 Å². The second-order valence-electron chi connectivity index (χ2n) is 2.08. The normalized spacial score (nSPS) is 15.6. The summed E-state index contributed by atoms with van der Waals surface area (Å²) in [5.41, 5.74) is 1.18. The number of hydrogen-bond donors (Lipinski definition) is 0. The van der Waals surface area contributed by atoms with Crippen molar-refractivity contribution in [3.8, 4) is 0 Å². The second kappa shape index (κ2) is 5.03. The lowest BCUT2D eigenvalue weighted by Crippen LogP contribution is -2.20. The van der Waals surface area contributed by atoms with Crippen molar-refractivity contribution in [2.45, 2.75) is 20.8 Å². The van der Waals surface area contributed by atoms with E-state index in [1.165, 1.54) is 5.71 Å². The van der Waals surface area contributed by atoms with Gasteiger partial charge in [0, 0.05) is 25.2 Å². The fourth-order valence-electron chi connectivity index (χ4n) is 0.729. The summed E-state index contributed by atoms with van der Waals surface area (Å²) in [6.45, 7) is 7.00. The van der Waals surface area contributed by atoms with Gasteiger partial charge in [0.05, 0.1) is 6.54 Å². The van der Waals surface area contributed by atoms with Gasteiger partial charge in [-0.15, -0.1) is 0 Å². The lowest BCUT2D eigenvalue weighted by Gasteiger charge is -2.15. The van der Waals surface area contributed by atoms with E-state index in [2.05, 4.69) is 9.89 Å². The highest BCUT2D eigenvalue weighted by Crippen LogP contribution is 1.94. The molecule has 0 aromatic rings. The first kappa shape index (κ1) is 9.21. The fraction of sp³-hybridized carbons (Fsp3) is 0.625. The van der Waals surface area contributed by atoms with Crippen LogP contribution in [0.3, 0.4) is 0 Å². The molecule has 0 aromatic carbocycles. The molecule has 0 radical (unpaired) electrons. The predicted molar refractivity (Wildman–Crippen MR) is 46.2 cm³/mol. The van der Waals surface area contributed by atoms with Crippen molar-refractivity contribution in [3.63, 3.8) is 0 Å². The van der Waals surface area contributed by atoms with Gasteiger partial charge in [0.2, 0.25) is 0 Å². The molecule has 0 N–H and O–H groups in total. The highest BCUT2D eigenvalue weighted by Gasteiger charge is 1.96. The molecule has 0 atom stereocenters. The van der Waals surface area contributed by atoms with E-state index in [1.54, 1.807) is 0 Å². The topological polar surface area (TPSA) is 15.6 Å². The zero-order chi connectivity index (χ0) is 7.98. The first-order valence-corrected chi connectivity index (χ1v) is 3.69. The van der Waals surface area contributed by atoms with Crippen LogP contribution in [0.5, 0.6) is 0 Å². The van der Waals surface area contributed by atoms with Crippen molar-refractivity contribution >= 4 is 5.71 Å². The van der Waals surface area contributed by atoms with E-state index >= 15 is 0 Å². The van der Waals surface area contributed by atoms with Crippen LogP contribution in [0.2, 0.25) is 0 Å². The molecule has 0 spiro atoms. The van der Waals surface area contributed by atoms with E-state index < -0.39 is 0 Å².